The van der Waals surface area contributed by atoms with Crippen molar-refractivity contribution >= 4 is 27.6 Å². The van der Waals surface area contributed by atoms with Crippen molar-refractivity contribution in [3.05, 3.63) is 64.7 Å². The van der Waals surface area contributed by atoms with Crippen LogP contribution in [-0.2, 0) is 31.5 Å². The molecule has 0 aliphatic carbocycles. The number of hydrogen-bond donors (Lipinski definition) is 0. The van der Waals surface area contributed by atoms with E-state index in [1.807, 2.05) is 0 Å². The Kier molecular flexibility index (Phi) is 7.26. The molecule has 0 atom stereocenters. The molecule has 0 saturated carbocycles. The molecular formula is C21H26ClNO4S. The highest BCUT2D eigenvalue weighted by atomic mass is 35.5. The number of carbonyl (C=O) groups is 1. The smallest absolute Gasteiger partial charge is 0.321 e. The van der Waals surface area contributed by atoms with Gasteiger partial charge in [0.2, 0.25) is 10.0 Å². The Labute approximate surface area is 172 Å². The van der Waals surface area contributed by atoms with E-state index in [9.17, 15) is 13.2 Å². The van der Waals surface area contributed by atoms with Crippen molar-refractivity contribution < 1.29 is 17.9 Å². The molecule has 2 aromatic rings. The molecule has 0 N–H and O–H groups in total. The van der Waals surface area contributed by atoms with Crippen LogP contribution < -0.4 is 0 Å². The van der Waals surface area contributed by atoms with E-state index < -0.39 is 16.0 Å². The summed E-state index contributed by atoms with van der Waals surface area (Å²) in [5.41, 5.74) is 1.67. The van der Waals surface area contributed by atoms with E-state index in [2.05, 4.69) is 20.8 Å². The van der Waals surface area contributed by atoms with Crippen LogP contribution in [0.15, 0.2) is 53.4 Å². The fourth-order valence-electron chi connectivity index (χ4n) is 2.65. The van der Waals surface area contributed by atoms with E-state index in [1.54, 1.807) is 55.5 Å². The van der Waals surface area contributed by atoms with Gasteiger partial charge in [0.25, 0.3) is 0 Å². The van der Waals surface area contributed by atoms with Gasteiger partial charge in [-0.2, -0.15) is 4.31 Å². The Morgan fingerprint density at radius 2 is 1.61 bits per heavy atom. The lowest BCUT2D eigenvalue weighted by Crippen LogP contribution is -2.36. The highest BCUT2D eigenvalue weighted by Gasteiger charge is 2.28. The topological polar surface area (TPSA) is 63.7 Å². The summed E-state index contributed by atoms with van der Waals surface area (Å²) < 4.78 is 32.5. The average Bonchev–Trinajstić information content (AvgIpc) is 2.62. The summed E-state index contributed by atoms with van der Waals surface area (Å²) in [5.74, 6) is -0.591. The van der Waals surface area contributed by atoms with Gasteiger partial charge in [-0.05, 0) is 47.7 Å². The van der Waals surface area contributed by atoms with E-state index in [1.165, 1.54) is 0 Å². The summed E-state index contributed by atoms with van der Waals surface area (Å²) in [6.45, 7) is 7.73. The van der Waals surface area contributed by atoms with Crippen LogP contribution in [0.5, 0.6) is 0 Å². The predicted molar refractivity (Wildman–Crippen MR) is 111 cm³/mol. The van der Waals surface area contributed by atoms with Crippen LogP contribution in [-0.4, -0.2) is 31.8 Å². The van der Waals surface area contributed by atoms with Gasteiger partial charge in [0, 0.05) is 11.6 Å². The van der Waals surface area contributed by atoms with Crippen LogP contribution in [0.4, 0.5) is 0 Å². The highest BCUT2D eigenvalue weighted by Crippen LogP contribution is 2.25. The first-order valence-corrected chi connectivity index (χ1v) is 10.9. The first kappa shape index (κ1) is 22.4. The first-order chi connectivity index (χ1) is 13.0. The third kappa shape index (κ3) is 5.80. The average molecular weight is 424 g/mol. The third-order valence-electron chi connectivity index (χ3n) is 4.24. The van der Waals surface area contributed by atoms with Crippen molar-refractivity contribution in [3.63, 3.8) is 0 Å². The monoisotopic (exact) mass is 423 g/mol. The lowest BCUT2D eigenvalue weighted by molar-refractivity contribution is -0.143. The molecule has 2 rings (SSSR count). The molecular weight excluding hydrogens is 398 g/mol. The molecule has 0 bridgehead atoms. The highest BCUT2D eigenvalue weighted by molar-refractivity contribution is 7.89. The van der Waals surface area contributed by atoms with Gasteiger partial charge in [0.05, 0.1) is 11.5 Å². The van der Waals surface area contributed by atoms with Gasteiger partial charge in [-0.15, -0.1) is 0 Å². The maximum atomic E-state index is 13.2. The maximum absolute atomic E-state index is 13.2. The van der Waals surface area contributed by atoms with Crippen molar-refractivity contribution in [1.82, 2.24) is 4.31 Å². The second-order valence-corrected chi connectivity index (χ2v) is 9.85. The molecule has 0 unspecified atom stereocenters. The fraction of sp³-hybridized carbons (Fsp3) is 0.381. The molecule has 0 heterocycles. The first-order valence-electron chi connectivity index (χ1n) is 9.05. The zero-order chi connectivity index (χ0) is 20.9. The molecule has 0 aliphatic heterocycles. The number of esters is 1. The SMILES string of the molecule is CCOC(=O)CN(Cc1ccc(Cl)cc1)S(=O)(=O)c1ccc(C(C)(C)C)cc1. The Morgan fingerprint density at radius 1 is 1.04 bits per heavy atom. The predicted octanol–water partition coefficient (Wildman–Crippen LogP) is 4.39. The second-order valence-electron chi connectivity index (χ2n) is 7.48. The normalized spacial score (nSPS) is 12.2. The van der Waals surface area contributed by atoms with Crippen LogP contribution in [0.1, 0.15) is 38.8 Å². The number of sulfonamides is 1. The van der Waals surface area contributed by atoms with Gasteiger partial charge in [0.1, 0.15) is 6.54 Å². The number of hydrogen-bond acceptors (Lipinski definition) is 4. The number of carbonyl (C=O) groups excluding carboxylic acids is 1. The summed E-state index contributed by atoms with van der Waals surface area (Å²) in [6, 6.07) is 13.6. The zero-order valence-electron chi connectivity index (χ0n) is 16.6. The van der Waals surface area contributed by atoms with Crippen molar-refractivity contribution in [3.8, 4) is 0 Å². The molecule has 7 heteroatoms. The number of rotatable bonds is 7. The van der Waals surface area contributed by atoms with Gasteiger partial charge in [-0.3, -0.25) is 4.79 Å². The minimum absolute atomic E-state index is 0.0410. The lowest BCUT2D eigenvalue weighted by Gasteiger charge is -2.23. The Bertz CT molecular complexity index is 901. The summed E-state index contributed by atoms with van der Waals surface area (Å²) in [7, 11) is -3.89. The molecule has 0 amide bonds. The van der Waals surface area contributed by atoms with E-state index in [0.717, 1.165) is 15.4 Å². The van der Waals surface area contributed by atoms with Gasteiger partial charge in [-0.1, -0.05) is 56.6 Å². The van der Waals surface area contributed by atoms with Gasteiger partial charge < -0.3 is 4.74 Å². The number of nitrogens with zero attached hydrogens (tertiary/aromatic N) is 1. The lowest BCUT2D eigenvalue weighted by atomic mass is 9.87. The van der Waals surface area contributed by atoms with E-state index in [0.29, 0.717) is 5.02 Å². The second kappa shape index (κ2) is 9.07. The molecule has 28 heavy (non-hydrogen) atoms. The van der Waals surface area contributed by atoms with Gasteiger partial charge >= 0.3 is 5.97 Å². The third-order valence-corrected chi connectivity index (χ3v) is 6.30. The minimum atomic E-state index is -3.89. The van der Waals surface area contributed by atoms with Crippen LogP contribution in [0.25, 0.3) is 0 Å². The maximum Gasteiger partial charge on any atom is 0.321 e. The Hall–Kier alpha value is -1.89. The standard InChI is InChI=1S/C21H26ClNO4S/c1-5-27-20(24)15-23(14-16-6-10-18(22)11-7-16)28(25,26)19-12-8-17(9-13-19)21(2,3)4/h6-13H,5,14-15H2,1-4H3. The van der Waals surface area contributed by atoms with Crippen molar-refractivity contribution in [1.29, 1.82) is 0 Å². The Morgan fingerprint density at radius 3 is 2.11 bits per heavy atom. The zero-order valence-corrected chi connectivity index (χ0v) is 18.2. The fourth-order valence-corrected chi connectivity index (χ4v) is 4.14. The summed E-state index contributed by atoms with van der Waals surface area (Å²) in [4.78, 5) is 12.1. The largest absolute Gasteiger partial charge is 0.465 e. The molecule has 0 saturated heterocycles. The Balaban J connectivity index is 2.36. The van der Waals surface area contributed by atoms with Crippen LogP contribution in [0.2, 0.25) is 5.02 Å². The van der Waals surface area contributed by atoms with Crippen molar-refractivity contribution in [2.24, 2.45) is 0 Å². The molecule has 0 aromatic heterocycles. The summed E-state index contributed by atoms with van der Waals surface area (Å²) in [5, 5.41) is 0.557. The quantitative estimate of drug-likeness (QED) is 0.619. The van der Waals surface area contributed by atoms with Gasteiger partial charge in [-0.25, -0.2) is 8.42 Å². The molecule has 2 aromatic carbocycles. The van der Waals surface area contributed by atoms with E-state index in [4.69, 9.17) is 16.3 Å². The van der Waals surface area contributed by atoms with Gasteiger partial charge in [0.15, 0.2) is 0 Å². The number of benzene rings is 2. The van der Waals surface area contributed by atoms with E-state index >= 15 is 0 Å². The molecule has 0 fully saturated rings. The molecule has 0 radical (unpaired) electrons. The number of halogens is 1. The summed E-state index contributed by atoms with van der Waals surface area (Å²) >= 11 is 5.91. The molecule has 152 valence electrons. The number of ether oxygens (including phenoxy) is 1. The summed E-state index contributed by atoms with van der Waals surface area (Å²) in [6.07, 6.45) is 0. The minimum Gasteiger partial charge on any atom is -0.465 e. The van der Waals surface area contributed by atoms with Crippen LogP contribution in [0.3, 0.4) is 0 Å². The van der Waals surface area contributed by atoms with Crippen molar-refractivity contribution in [2.45, 2.75) is 44.6 Å². The van der Waals surface area contributed by atoms with Crippen LogP contribution in [0, 0.1) is 0 Å². The van der Waals surface area contributed by atoms with Crippen LogP contribution >= 0.6 is 11.6 Å². The molecule has 0 spiro atoms. The molecule has 5 nitrogen and oxygen atoms in total. The molecule has 0 aliphatic rings. The van der Waals surface area contributed by atoms with E-state index in [-0.39, 0.29) is 30.0 Å². The van der Waals surface area contributed by atoms with Crippen molar-refractivity contribution in [2.75, 3.05) is 13.2 Å².